The van der Waals surface area contributed by atoms with Gasteiger partial charge in [0.1, 0.15) is 22.2 Å². The molecule has 0 radical (unpaired) electrons. The molecule has 0 N–H and O–H groups in total. The zero-order chi connectivity index (χ0) is 58.7. The van der Waals surface area contributed by atoms with Gasteiger partial charge in [-0.3, -0.25) is 0 Å². The van der Waals surface area contributed by atoms with Crippen molar-refractivity contribution in [2.75, 3.05) is 0 Å². The molecular formula is C81H48ClN5O2. The summed E-state index contributed by atoms with van der Waals surface area (Å²) in [7, 11) is 0. The van der Waals surface area contributed by atoms with Crippen LogP contribution in [0.25, 0.3) is 170 Å². The molecule has 0 atom stereocenters. The number of nitrogens with zero attached hydrogens (tertiary/aromatic N) is 5. The first-order valence-electron chi connectivity index (χ1n) is 29.9. The van der Waals surface area contributed by atoms with Crippen molar-refractivity contribution in [3.05, 3.63) is 295 Å². The normalized spacial score (nSPS) is 12.1. The fourth-order valence-corrected chi connectivity index (χ4v) is 14.1. The minimum Gasteiger partial charge on any atom is -0.436 e. The number of furan rings is 2. The molecule has 7 nitrogen and oxygen atoms in total. The van der Waals surface area contributed by atoms with E-state index in [1.54, 1.807) is 6.20 Å². The average molecular weight is 1160 g/mol. The van der Waals surface area contributed by atoms with E-state index in [1.807, 2.05) is 60.8 Å². The first kappa shape index (κ1) is 50.8. The van der Waals surface area contributed by atoms with Crippen LogP contribution >= 0.6 is 11.6 Å². The summed E-state index contributed by atoms with van der Waals surface area (Å²) in [6.07, 6.45) is 4.69. The number of benzene rings is 14. The van der Waals surface area contributed by atoms with Gasteiger partial charge < -0.3 is 13.4 Å². The van der Waals surface area contributed by atoms with E-state index in [0.29, 0.717) is 16.4 Å². The van der Waals surface area contributed by atoms with Crippen LogP contribution in [-0.2, 0) is 6.42 Å². The Morgan fingerprint density at radius 1 is 0.337 bits per heavy atom. The lowest BCUT2D eigenvalue weighted by atomic mass is 9.94. The molecule has 8 heteroatoms. The summed E-state index contributed by atoms with van der Waals surface area (Å²) in [6, 6.07) is 93.7. The van der Waals surface area contributed by atoms with Crippen molar-refractivity contribution in [3.63, 3.8) is 0 Å². The van der Waals surface area contributed by atoms with Crippen molar-refractivity contribution >= 4 is 142 Å². The lowest BCUT2D eigenvalue weighted by molar-refractivity contribution is 0.653. The molecule has 1 aliphatic carbocycles. The van der Waals surface area contributed by atoms with Crippen molar-refractivity contribution in [2.24, 2.45) is 0 Å². The minimum atomic E-state index is 0.541. The molecule has 5 heterocycles. The second-order valence-corrected chi connectivity index (χ2v) is 23.4. The second-order valence-electron chi connectivity index (χ2n) is 22.9. The van der Waals surface area contributed by atoms with Crippen molar-refractivity contribution in [1.82, 2.24) is 24.5 Å². The van der Waals surface area contributed by atoms with E-state index < -0.39 is 0 Å². The highest BCUT2D eigenvalue weighted by Gasteiger charge is 2.24. The summed E-state index contributed by atoms with van der Waals surface area (Å²) in [4.78, 5) is 19.1. The van der Waals surface area contributed by atoms with Gasteiger partial charge >= 0.3 is 0 Å². The van der Waals surface area contributed by atoms with E-state index in [2.05, 4.69) is 227 Å². The van der Waals surface area contributed by atoms with E-state index in [4.69, 9.17) is 30.4 Å². The van der Waals surface area contributed by atoms with Crippen LogP contribution in [0.4, 0.5) is 0 Å². The highest BCUT2D eigenvalue weighted by Crippen LogP contribution is 2.46. The van der Waals surface area contributed by atoms with Gasteiger partial charge in [-0.1, -0.05) is 230 Å². The molecule has 0 spiro atoms. The number of halogens is 1. The molecular weight excluding hydrogens is 1110 g/mol. The maximum atomic E-state index is 6.24. The predicted octanol–water partition coefficient (Wildman–Crippen LogP) is 22.0. The van der Waals surface area contributed by atoms with Crippen LogP contribution in [0.1, 0.15) is 11.1 Å². The molecule has 0 fully saturated rings. The Labute approximate surface area is 514 Å². The minimum absolute atomic E-state index is 0.541. The molecule has 0 amide bonds. The largest absolute Gasteiger partial charge is 0.436 e. The van der Waals surface area contributed by atoms with Gasteiger partial charge in [0, 0.05) is 32.6 Å². The van der Waals surface area contributed by atoms with Crippen molar-refractivity contribution < 1.29 is 8.83 Å². The van der Waals surface area contributed by atoms with Gasteiger partial charge in [-0.15, -0.1) is 0 Å². The topological polar surface area (TPSA) is 82.8 Å². The maximum Gasteiger partial charge on any atom is 0.246 e. The number of aromatic nitrogens is 5. The van der Waals surface area contributed by atoms with Crippen LogP contribution in [0.2, 0.25) is 5.02 Å². The number of hydrogen-bond acceptors (Lipinski definition) is 6. The molecule has 14 aromatic carbocycles. The van der Waals surface area contributed by atoms with E-state index in [9.17, 15) is 0 Å². The molecule has 5 aromatic heterocycles. The zero-order valence-electron chi connectivity index (χ0n) is 47.7. The molecule has 0 saturated heterocycles. The van der Waals surface area contributed by atoms with E-state index in [-0.39, 0.29) is 0 Å². The quantitative estimate of drug-likeness (QED) is 0.175. The van der Waals surface area contributed by atoms with Gasteiger partial charge in [0.25, 0.3) is 0 Å². The summed E-state index contributed by atoms with van der Waals surface area (Å²) in [5.74, 6) is 0. The van der Waals surface area contributed by atoms with Crippen LogP contribution in [0, 0.1) is 0 Å². The van der Waals surface area contributed by atoms with Gasteiger partial charge in [-0.2, -0.15) is 0 Å². The standard InChI is InChI=1S/C40H23N3O.C21H14.C20H11ClN2O/c1-4-13-29-24(8-1)16-19-33-36(29)37-30-14-5-2-9-25(30)17-20-34(37)43(33)28-12-7-11-27(22-28)32-23-41-39-38-31-15-6-3-10-26(31)18-21-35(38)44-40(39)42-32;1-3-7-18-14(5-1)9-11-16-13-17-12-10-15-6-2-4-8-19(15)21(17)20(16)18;21-14-6-3-5-13(10-14)16-11-22-19-18-15-7-2-1-4-12(15)8-9-17(18)24-20(19)23-16/h1-23H;1-12H,13H2;1-11H. The van der Waals surface area contributed by atoms with Crippen LogP contribution in [-0.4, -0.2) is 24.5 Å². The summed E-state index contributed by atoms with van der Waals surface area (Å²) in [5.41, 5.74) is 16.9. The van der Waals surface area contributed by atoms with Crippen molar-refractivity contribution in [1.29, 1.82) is 0 Å². The molecule has 0 saturated carbocycles. The first-order valence-corrected chi connectivity index (χ1v) is 30.3. The Balaban J connectivity index is 0.000000110. The Morgan fingerprint density at radius 2 is 0.719 bits per heavy atom. The lowest BCUT2D eigenvalue weighted by Gasteiger charge is -2.10. The third-order valence-corrected chi connectivity index (χ3v) is 18.1. The fraction of sp³-hybridized carbons (Fsp3) is 0.0123. The molecule has 19 aromatic rings. The SMILES string of the molecule is Clc1cccc(-c2cnc3c(n2)oc2ccc4ccccc4c23)c1.c1cc(-c2cnc3c(n2)oc2ccc4ccccc4c23)cc(-n2c3ccc4ccccc4c3c3c4ccccc4ccc32)c1.c1ccc2c3c(ccc2c1)Cc1ccc2ccccc2c1-3. The Hall–Kier alpha value is -11.5. The third-order valence-electron chi connectivity index (χ3n) is 17.9. The molecule has 0 aliphatic heterocycles. The van der Waals surface area contributed by atoms with Gasteiger partial charge in [0.2, 0.25) is 11.4 Å². The van der Waals surface area contributed by atoms with Crippen molar-refractivity contribution in [3.8, 4) is 39.3 Å². The fourth-order valence-electron chi connectivity index (χ4n) is 13.9. The molecule has 0 unspecified atom stereocenters. The maximum absolute atomic E-state index is 6.24. The first-order chi connectivity index (χ1) is 44.0. The van der Waals surface area contributed by atoms with Gasteiger partial charge in [0.05, 0.1) is 45.6 Å². The number of rotatable bonds is 3. The monoisotopic (exact) mass is 1160 g/mol. The molecule has 20 rings (SSSR count). The Morgan fingerprint density at radius 3 is 1.18 bits per heavy atom. The summed E-state index contributed by atoms with van der Waals surface area (Å²) >= 11 is 6.07. The zero-order valence-corrected chi connectivity index (χ0v) is 48.5. The Kier molecular flexibility index (Phi) is 11.6. The Bertz CT molecular complexity index is 5960. The smallest absolute Gasteiger partial charge is 0.246 e. The van der Waals surface area contributed by atoms with E-state index >= 15 is 0 Å². The molecule has 0 bridgehead atoms. The highest BCUT2D eigenvalue weighted by molar-refractivity contribution is 6.31. The average Bonchev–Trinajstić information content (AvgIpc) is 1.62. The molecule has 416 valence electrons. The summed E-state index contributed by atoms with van der Waals surface area (Å²) < 4.78 is 14.6. The van der Waals surface area contributed by atoms with Crippen molar-refractivity contribution in [2.45, 2.75) is 6.42 Å². The van der Waals surface area contributed by atoms with Crippen LogP contribution in [0.3, 0.4) is 0 Å². The highest BCUT2D eigenvalue weighted by atomic mass is 35.5. The van der Waals surface area contributed by atoms with Crippen LogP contribution in [0.15, 0.2) is 288 Å². The van der Waals surface area contributed by atoms with Crippen LogP contribution < -0.4 is 0 Å². The lowest BCUT2D eigenvalue weighted by Crippen LogP contribution is -1.95. The van der Waals surface area contributed by atoms with E-state index in [0.717, 1.165) is 89.1 Å². The molecule has 1 aliphatic rings. The third kappa shape index (κ3) is 8.27. The molecule has 89 heavy (non-hydrogen) atoms. The summed E-state index contributed by atoms with van der Waals surface area (Å²) in [5, 5.41) is 20.2. The number of hydrogen-bond donors (Lipinski definition) is 0. The summed E-state index contributed by atoms with van der Waals surface area (Å²) in [6.45, 7) is 0. The van der Waals surface area contributed by atoms with E-state index in [1.165, 1.54) is 87.1 Å². The van der Waals surface area contributed by atoms with Gasteiger partial charge in [-0.25, -0.2) is 19.9 Å². The predicted molar refractivity (Wildman–Crippen MR) is 369 cm³/mol. The second kappa shape index (κ2) is 20.3. The number of fused-ring (bicyclic) bond motifs is 24. The van der Waals surface area contributed by atoms with Gasteiger partial charge in [-0.05, 0) is 142 Å². The van der Waals surface area contributed by atoms with Gasteiger partial charge in [0.15, 0.2) is 0 Å². The van der Waals surface area contributed by atoms with Crippen LogP contribution in [0.5, 0.6) is 0 Å².